The first-order valence-electron chi connectivity index (χ1n) is 7.63. The van der Waals surface area contributed by atoms with Gasteiger partial charge in [-0.3, -0.25) is 19.1 Å². The summed E-state index contributed by atoms with van der Waals surface area (Å²) >= 11 is 0. The van der Waals surface area contributed by atoms with Gasteiger partial charge in [-0.2, -0.15) is 0 Å². The average molecular weight is 316 g/mol. The summed E-state index contributed by atoms with van der Waals surface area (Å²) in [7, 11) is 1.58. The number of hydrogen-bond donors (Lipinski definition) is 1. The van der Waals surface area contributed by atoms with Crippen molar-refractivity contribution in [1.29, 1.82) is 0 Å². The van der Waals surface area contributed by atoms with Crippen LogP contribution in [-0.2, 0) is 11.5 Å². The van der Waals surface area contributed by atoms with E-state index in [9.17, 15) is 9.59 Å². The predicted molar refractivity (Wildman–Crippen MR) is 86.0 cm³/mol. The van der Waals surface area contributed by atoms with E-state index in [4.69, 9.17) is 10.5 Å². The van der Waals surface area contributed by atoms with Crippen LogP contribution in [0.25, 0.3) is 10.9 Å². The molecule has 7 heteroatoms. The summed E-state index contributed by atoms with van der Waals surface area (Å²) in [5.74, 6) is 0.393. The average Bonchev–Trinajstić information content (AvgIpc) is 2.57. The number of nitrogens with zero attached hydrogens (tertiary/aromatic N) is 3. The van der Waals surface area contributed by atoms with Crippen LogP contribution in [0, 0.1) is 5.92 Å². The molecule has 1 saturated heterocycles. The highest BCUT2D eigenvalue weighted by molar-refractivity contribution is 5.78. The molecule has 2 aromatic rings. The normalized spacial score (nSPS) is 16.6. The smallest absolute Gasteiger partial charge is 0.262 e. The first kappa shape index (κ1) is 15.5. The zero-order valence-corrected chi connectivity index (χ0v) is 13.1. The molecule has 0 aliphatic carbocycles. The number of fused-ring (bicyclic) bond motifs is 1. The van der Waals surface area contributed by atoms with Gasteiger partial charge in [-0.15, -0.1) is 0 Å². The van der Waals surface area contributed by atoms with Crippen LogP contribution < -0.4 is 16.0 Å². The molecule has 122 valence electrons. The van der Waals surface area contributed by atoms with Gasteiger partial charge in [0.2, 0.25) is 5.91 Å². The lowest BCUT2D eigenvalue weighted by atomic mass is 9.97. The number of amides is 1. The minimum absolute atomic E-state index is 0.0508. The van der Waals surface area contributed by atoms with E-state index in [-0.39, 0.29) is 17.4 Å². The van der Waals surface area contributed by atoms with Crippen LogP contribution in [0.4, 0.5) is 0 Å². The molecule has 0 bridgehead atoms. The molecule has 1 aromatic carbocycles. The summed E-state index contributed by atoms with van der Waals surface area (Å²) in [6.07, 6.45) is 3.04. The number of aromatic nitrogens is 2. The molecule has 0 saturated carbocycles. The van der Waals surface area contributed by atoms with E-state index >= 15 is 0 Å². The number of primary amides is 1. The van der Waals surface area contributed by atoms with Gasteiger partial charge in [0.25, 0.3) is 5.56 Å². The van der Waals surface area contributed by atoms with Crippen LogP contribution in [0.3, 0.4) is 0 Å². The molecule has 2 N–H and O–H groups in total. The van der Waals surface area contributed by atoms with Crippen LogP contribution in [-0.4, -0.2) is 40.6 Å². The standard InChI is InChI=1S/C16H20N4O3/c1-23-12-2-3-13-14(8-12)18-9-20(16(13)22)10-19-6-4-11(5-7-19)15(17)21/h2-3,8-9,11H,4-7,10H2,1H3,(H2,17,21). The Morgan fingerprint density at radius 3 is 2.78 bits per heavy atom. The Labute approximate surface area is 133 Å². The maximum atomic E-state index is 12.6. The van der Waals surface area contributed by atoms with Crippen molar-refractivity contribution in [3.05, 3.63) is 34.9 Å². The van der Waals surface area contributed by atoms with Crippen LogP contribution in [0.15, 0.2) is 29.3 Å². The SMILES string of the molecule is COc1ccc2c(=O)n(CN3CCC(C(N)=O)CC3)cnc2c1. The fourth-order valence-electron chi connectivity index (χ4n) is 2.94. The highest BCUT2D eigenvalue weighted by atomic mass is 16.5. The second kappa shape index (κ2) is 6.37. The Morgan fingerprint density at radius 1 is 1.39 bits per heavy atom. The lowest BCUT2D eigenvalue weighted by molar-refractivity contribution is -0.123. The van der Waals surface area contributed by atoms with Gasteiger partial charge >= 0.3 is 0 Å². The summed E-state index contributed by atoms with van der Waals surface area (Å²) in [4.78, 5) is 30.2. The van der Waals surface area contributed by atoms with Crippen LogP contribution in [0.2, 0.25) is 0 Å². The molecule has 3 rings (SSSR count). The summed E-state index contributed by atoms with van der Waals surface area (Å²) in [6, 6.07) is 5.24. The lowest BCUT2D eigenvalue weighted by Crippen LogP contribution is -2.41. The summed E-state index contributed by atoms with van der Waals surface area (Å²) in [5.41, 5.74) is 5.89. The van der Waals surface area contributed by atoms with Gasteiger partial charge in [-0.05, 0) is 25.0 Å². The van der Waals surface area contributed by atoms with E-state index < -0.39 is 0 Å². The zero-order chi connectivity index (χ0) is 16.4. The minimum atomic E-state index is -0.233. The highest BCUT2D eigenvalue weighted by Gasteiger charge is 2.23. The third-order valence-corrected chi connectivity index (χ3v) is 4.37. The molecule has 7 nitrogen and oxygen atoms in total. The van der Waals surface area contributed by atoms with Gasteiger partial charge in [-0.25, -0.2) is 4.98 Å². The zero-order valence-electron chi connectivity index (χ0n) is 13.1. The molecule has 23 heavy (non-hydrogen) atoms. The Kier molecular flexibility index (Phi) is 4.29. The first-order valence-corrected chi connectivity index (χ1v) is 7.63. The van der Waals surface area contributed by atoms with Crippen LogP contribution >= 0.6 is 0 Å². The molecule has 0 spiro atoms. The fraction of sp³-hybridized carbons (Fsp3) is 0.438. The van der Waals surface area contributed by atoms with Crippen molar-refractivity contribution in [2.24, 2.45) is 11.7 Å². The van der Waals surface area contributed by atoms with E-state index in [0.29, 0.717) is 23.3 Å². The van der Waals surface area contributed by atoms with Crippen molar-refractivity contribution in [2.45, 2.75) is 19.5 Å². The lowest BCUT2D eigenvalue weighted by Gasteiger charge is -2.30. The molecular formula is C16H20N4O3. The first-order chi connectivity index (χ1) is 11.1. The topological polar surface area (TPSA) is 90.5 Å². The molecule has 2 heterocycles. The number of rotatable bonds is 4. The Morgan fingerprint density at radius 2 is 2.13 bits per heavy atom. The number of carbonyl (C=O) groups excluding carboxylic acids is 1. The monoisotopic (exact) mass is 316 g/mol. The second-order valence-electron chi connectivity index (χ2n) is 5.84. The van der Waals surface area contributed by atoms with Crippen LogP contribution in [0.5, 0.6) is 5.75 Å². The van der Waals surface area contributed by atoms with Gasteiger partial charge < -0.3 is 10.5 Å². The van der Waals surface area contributed by atoms with Crippen LogP contribution in [0.1, 0.15) is 12.8 Å². The molecule has 1 aromatic heterocycles. The number of likely N-dealkylation sites (tertiary alicyclic amines) is 1. The van der Waals surface area contributed by atoms with Gasteiger partial charge in [0, 0.05) is 25.1 Å². The van der Waals surface area contributed by atoms with E-state index in [0.717, 1.165) is 25.9 Å². The number of carbonyl (C=O) groups is 1. The molecular weight excluding hydrogens is 296 g/mol. The van der Waals surface area contributed by atoms with Crippen molar-refractivity contribution < 1.29 is 9.53 Å². The summed E-state index contributed by atoms with van der Waals surface area (Å²) < 4.78 is 6.75. The van der Waals surface area contributed by atoms with Gasteiger partial charge in [0.15, 0.2) is 0 Å². The minimum Gasteiger partial charge on any atom is -0.497 e. The highest BCUT2D eigenvalue weighted by Crippen LogP contribution is 2.18. The Bertz CT molecular complexity index is 778. The molecule has 1 aliphatic heterocycles. The molecule has 0 atom stereocenters. The van der Waals surface area contributed by atoms with Crippen molar-refractivity contribution in [3.63, 3.8) is 0 Å². The second-order valence-corrected chi connectivity index (χ2v) is 5.84. The number of methoxy groups -OCH3 is 1. The van der Waals surface area contributed by atoms with E-state index in [1.54, 1.807) is 36.2 Å². The third-order valence-electron chi connectivity index (χ3n) is 4.37. The Hall–Kier alpha value is -2.41. The predicted octanol–water partition coefficient (Wildman–Crippen LogP) is 0.560. The maximum absolute atomic E-state index is 12.6. The number of nitrogens with two attached hydrogens (primary N) is 1. The number of benzene rings is 1. The molecule has 1 aliphatic rings. The third kappa shape index (κ3) is 3.19. The van der Waals surface area contributed by atoms with E-state index in [2.05, 4.69) is 9.88 Å². The van der Waals surface area contributed by atoms with E-state index in [1.807, 2.05) is 0 Å². The molecule has 0 radical (unpaired) electrons. The quantitative estimate of drug-likeness (QED) is 0.890. The van der Waals surface area contributed by atoms with Gasteiger partial charge in [0.05, 0.1) is 31.0 Å². The molecule has 1 fully saturated rings. The van der Waals surface area contributed by atoms with Crippen molar-refractivity contribution in [3.8, 4) is 5.75 Å². The van der Waals surface area contributed by atoms with Crippen molar-refractivity contribution in [2.75, 3.05) is 20.2 Å². The van der Waals surface area contributed by atoms with Crippen molar-refractivity contribution >= 4 is 16.8 Å². The van der Waals surface area contributed by atoms with E-state index in [1.165, 1.54) is 0 Å². The van der Waals surface area contributed by atoms with Crippen molar-refractivity contribution in [1.82, 2.24) is 14.5 Å². The summed E-state index contributed by atoms with van der Waals surface area (Å²) in [5, 5.41) is 0.570. The van der Waals surface area contributed by atoms with Gasteiger partial charge in [0.1, 0.15) is 5.75 Å². The molecule has 0 unspecified atom stereocenters. The number of hydrogen-bond acceptors (Lipinski definition) is 5. The summed E-state index contributed by atoms with van der Waals surface area (Å²) in [6.45, 7) is 1.97. The maximum Gasteiger partial charge on any atom is 0.262 e. The Balaban J connectivity index is 1.78. The largest absolute Gasteiger partial charge is 0.497 e. The fourth-order valence-corrected chi connectivity index (χ4v) is 2.94. The van der Waals surface area contributed by atoms with Gasteiger partial charge in [-0.1, -0.05) is 0 Å². The number of ether oxygens (including phenoxy) is 1. The number of piperidine rings is 1. The molecule has 1 amide bonds.